The summed E-state index contributed by atoms with van der Waals surface area (Å²) in [4.78, 5) is 4.89. The summed E-state index contributed by atoms with van der Waals surface area (Å²) < 4.78 is 14.2. The van der Waals surface area contributed by atoms with Crippen LogP contribution in [0.2, 0.25) is 0 Å². The van der Waals surface area contributed by atoms with Crippen LogP contribution in [0.15, 0.2) is 179 Å². The molecule has 12 aromatic rings. The molecule has 0 saturated heterocycles. The van der Waals surface area contributed by atoms with E-state index in [2.05, 4.69) is 207 Å². The number of benzene rings is 10. The Morgan fingerprint density at radius 3 is 1.10 bits per heavy atom. The van der Waals surface area contributed by atoms with Crippen molar-refractivity contribution in [1.82, 2.24) is 0 Å². The fourth-order valence-electron chi connectivity index (χ4n) is 11.4. The Hall–Kier alpha value is -7.56. The Balaban J connectivity index is 1.09. The van der Waals surface area contributed by atoms with Crippen molar-refractivity contribution in [2.75, 3.05) is 9.80 Å². The first-order valence-corrected chi connectivity index (χ1v) is 25.9. The lowest BCUT2D eigenvalue weighted by Gasteiger charge is -2.29. The summed E-state index contributed by atoms with van der Waals surface area (Å²) in [6.45, 7) is 9.01. The van der Waals surface area contributed by atoms with Gasteiger partial charge in [-0.3, -0.25) is 0 Å². The SMILES string of the molecule is CCCCc1cccc2c1oc1c(N(c3ccc(CCC)cc3)c3ccc4ccc5c(N(c6ccc(CCC)cc6)c6cccc7c6oc6c(CCCC)cccc67)ccc6ccc3c4c65)cccc12. The van der Waals surface area contributed by atoms with Crippen LogP contribution in [0.25, 0.3) is 76.2 Å². The topological polar surface area (TPSA) is 32.8 Å². The maximum atomic E-state index is 7.09. The maximum absolute atomic E-state index is 7.09. The Morgan fingerprint density at radius 1 is 0.314 bits per heavy atom. The van der Waals surface area contributed by atoms with Crippen molar-refractivity contribution in [3.8, 4) is 0 Å². The van der Waals surface area contributed by atoms with Crippen molar-refractivity contribution in [2.24, 2.45) is 0 Å². The second kappa shape index (κ2) is 18.4. The van der Waals surface area contributed by atoms with Gasteiger partial charge in [0, 0.05) is 43.7 Å². The number of furan rings is 2. The van der Waals surface area contributed by atoms with Gasteiger partial charge in [0.1, 0.15) is 11.2 Å². The summed E-state index contributed by atoms with van der Waals surface area (Å²) in [5.74, 6) is 0. The summed E-state index contributed by atoms with van der Waals surface area (Å²) in [6, 6.07) is 63.6. The molecule has 0 aliphatic rings. The maximum Gasteiger partial charge on any atom is 0.159 e. The summed E-state index contributed by atoms with van der Waals surface area (Å²) in [5, 5.41) is 11.9. The standard InChI is InChI=1S/C66H60N2O2/c1-5-9-17-47-19-11-21-51-53-23-13-25-59(65(53)69-63(47)51)67(49-35-27-43(15-7-3)28-36-49)57-41-33-45-32-40-56-58(42-34-46-31-39-55(57)61(45)62(46)56)68(50-37-29-44(16-8-4)30-38-50)60-26-14-24-54-52-22-12-20-48(18-10-6-2)64(52)70-66(54)60/h11-14,19-42H,5-10,15-18H2,1-4H3. The molecule has 2 aromatic heterocycles. The van der Waals surface area contributed by atoms with Crippen LogP contribution in [-0.2, 0) is 25.7 Å². The number of hydrogen-bond donors (Lipinski definition) is 0. The number of para-hydroxylation sites is 4. The second-order valence-corrected chi connectivity index (χ2v) is 19.4. The Labute approximate surface area is 411 Å². The molecule has 0 saturated carbocycles. The Kier molecular flexibility index (Phi) is 11.5. The Bertz CT molecular complexity index is 3580. The predicted octanol–water partition coefficient (Wildman–Crippen LogP) is 19.9. The zero-order valence-corrected chi connectivity index (χ0v) is 40.9. The lowest BCUT2D eigenvalue weighted by molar-refractivity contribution is 0.658. The van der Waals surface area contributed by atoms with Gasteiger partial charge in [-0.1, -0.05) is 175 Å². The van der Waals surface area contributed by atoms with E-state index in [0.29, 0.717) is 0 Å². The Morgan fingerprint density at radius 2 is 0.700 bits per heavy atom. The largest absolute Gasteiger partial charge is 0.454 e. The van der Waals surface area contributed by atoms with E-state index in [1.54, 1.807) is 0 Å². The minimum absolute atomic E-state index is 0.907. The summed E-state index contributed by atoms with van der Waals surface area (Å²) in [7, 11) is 0. The molecule has 346 valence electrons. The van der Waals surface area contributed by atoms with Gasteiger partial charge < -0.3 is 18.6 Å². The van der Waals surface area contributed by atoms with Gasteiger partial charge >= 0.3 is 0 Å². The van der Waals surface area contributed by atoms with Crippen molar-refractivity contribution in [2.45, 2.75) is 91.9 Å². The first-order valence-electron chi connectivity index (χ1n) is 25.9. The first kappa shape index (κ1) is 43.7. The van der Waals surface area contributed by atoms with Crippen molar-refractivity contribution in [3.63, 3.8) is 0 Å². The zero-order chi connectivity index (χ0) is 47.3. The number of nitrogens with zero attached hydrogens (tertiary/aromatic N) is 2. The fraction of sp³-hybridized carbons (Fsp3) is 0.212. The van der Waals surface area contributed by atoms with Crippen LogP contribution in [0.1, 0.15) is 88.5 Å². The number of hydrogen-bond acceptors (Lipinski definition) is 4. The lowest BCUT2D eigenvalue weighted by atomic mass is 9.91. The molecule has 4 nitrogen and oxygen atoms in total. The quantitative estimate of drug-likeness (QED) is 0.0904. The average Bonchev–Trinajstić information content (AvgIpc) is 3.99. The molecule has 4 heteroatoms. The highest BCUT2D eigenvalue weighted by molar-refractivity contribution is 6.28. The van der Waals surface area contributed by atoms with Crippen LogP contribution in [-0.4, -0.2) is 0 Å². The lowest BCUT2D eigenvalue weighted by Crippen LogP contribution is -2.12. The third kappa shape index (κ3) is 7.35. The van der Waals surface area contributed by atoms with E-state index in [1.165, 1.54) is 65.3 Å². The van der Waals surface area contributed by atoms with Crippen molar-refractivity contribution in [1.29, 1.82) is 0 Å². The second-order valence-electron chi connectivity index (χ2n) is 19.4. The van der Waals surface area contributed by atoms with Crippen LogP contribution < -0.4 is 9.80 Å². The number of anilines is 6. The highest BCUT2D eigenvalue weighted by Gasteiger charge is 2.26. The predicted molar refractivity (Wildman–Crippen MR) is 299 cm³/mol. The van der Waals surface area contributed by atoms with Gasteiger partial charge in [0.05, 0.1) is 22.7 Å². The van der Waals surface area contributed by atoms with Crippen molar-refractivity contribution >= 4 is 110 Å². The molecule has 12 rings (SSSR count). The molecule has 0 atom stereocenters. The summed E-state index contributed by atoms with van der Waals surface area (Å²) >= 11 is 0. The normalized spacial score (nSPS) is 12.0. The average molecular weight is 913 g/mol. The fourth-order valence-corrected chi connectivity index (χ4v) is 11.4. The third-order valence-electron chi connectivity index (χ3n) is 14.8. The van der Waals surface area contributed by atoms with E-state index >= 15 is 0 Å². The molecule has 0 spiro atoms. The molecule has 10 aromatic carbocycles. The van der Waals surface area contributed by atoms with E-state index in [1.807, 2.05) is 0 Å². The first-order chi connectivity index (χ1) is 34.6. The molecule has 0 amide bonds. The molecule has 0 N–H and O–H groups in total. The number of fused-ring (bicyclic) bond motifs is 6. The molecule has 0 bridgehead atoms. The van der Waals surface area contributed by atoms with Crippen LogP contribution >= 0.6 is 0 Å². The zero-order valence-electron chi connectivity index (χ0n) is 40.9. The third-order valence-corrected chi connectivity index (χ3v) is 14.8. The summed E-state index contributed by atoms with van der Waals surface area (Å²) in [5.41, 5.74) is 15.5. The van der Waals surface area contributed by atoms with Crippen LogP contribution in [0.4, 0.5) is 34.1 Å². The van der Waals surface area contributed by atoms with Crippen LogP contribution in [0.5, 0.6) is 0 Å². The molecule has 70 heavy (non-hydrogen) atoms. The minimum atomic E-state index is 0.907. The van der Waals surface area contributed by atoms with Crippen LogP contribution in [0.3, 0.4) is 0 Å². The monoisotopic (exact) mass is 912 g/mol. The molecule has 0 radical (unpaired) electrons. The van der Waals surface area contributed by atoms with Gasteiger partial charge in [-0.2, -0.15) is 0 Å². The highest BCUT2D eigenvalue weighted by atomic mass is 16.3. The molecule has 2 heterocycles. The minimum Gasteiger partial charge on any atom is -0.454 e. The molecular formula is C66H60N2O2. The van der Waals surface area contributed by atoms with E-state index in [4.69, 9.17) is 8.83 Å². The number of rotatable bonds is 16. The van der Waals surface area contributed by atoms with Gasteiger partial charge in [0.25, 0.3) is 0 Å². The van der Waals surface area contributed by atoms with Crippen molar-refractivity contribution < 1.29 is 8.83 Å². The number of aryl methyl sites for hydroxylation is 4. The molecule has 0 aliphatic carbocycles. The smallest absolute Gasteiger partial charge is 0.159 e. The molecule has 0 aliphatic heterocycles. The van der Waals surface area contributed by atoms with E-state index < -0.39 is 0 Å². The van der Waals surface area contributed by atoms with E-state index in [-0.39, 0.29) is 0 Å². The van der Waals surface area contributed by atoms with E-state index in [0.717, 1.165) is 131 Å². The van der Waals surface area contributed by atoms with Crippen LogP contribution in [0, 0.1) is 0 Å². The van der Waals surface area contributed by atoms with Gasteiger partial charge in [0.15, 0.2) is 11.2 Å². The van der Waals surface area contributed by atoms with Crippen molar-refractivity contribution in [3.05, 3.63) is 192 Å². The number of unbranched alkanes of at least 4 members (excludes halogenated alkanes) is 2. The van der Waals surface area contributed by atoms with Gasteiger partial charge in [0.2, 0.25) is 0 Å². The van der Waals surface area contributed by atoms with E-state index in [9.17, 15) is 0 Å². The van der Waals surface area contributed by atoms with Gasteiger partial charge in [-0.15, -0.1) is 0 Å². The van der Waals surface area contributed by atoms with Gasteiger partial charge in [-0.05, 0) is 131 Å². The molecular weight excluding hydrogens is 853 g/mol. The summed E-state index contributed by atoms with van der Waals surface area (Å²) in [6.07, 6.45) is 10.8. The molecule has 0 unspecified atom stereocenters. The molecule has 0 fully saturated rings. The highest BCUT2D eigenvalue weighted by Crippen LogP contribution is 2.50. The van der Waals surface area contributed by atoms with Gasteiger partial charge in [-0.25, -0.2) is 0 Å².